The minimum atomic E-state index is 0.278. The number of nitrogens with one attached hydrogen (secondary N) is 1. The van der Waals surface area contributed by atoms with E-state index < -0.39 is 0 Å². The van der Waals surface area contributed by atoms with Crippen LogP contribution < -0.4 is 5.32 Å². The molecule has 1 fully saturated rings. The highest BCUT2D eigenvalue weighted by atomic mass is 32.2. The molecular weight excluding hydrogens is 330 g/mol. The normalized spacial score (nSPS) is 17.6. The monoisotopic (exact) mass is 357 g/mol. The van der Waals surface area contributed by atoms with Crippen LogP contribution in [0, 0.1) is 0 Å². The first-order valence-corrected chi connectivity index (χ1v) is 9.67. The number of nitrogens with zero attached hydrogens (tertiary/aromatic N) is 4. The molecule has 1 aliphatic heterocycles. The number of imidazole rings is 1. The molecule has 2 heterocycles. The number of thioether (sulfide) groups is 1. The predicted octanol–water partition coefficient (Wildman–Crippen LogP) is 2.83. The Morgan fingerprint density at radius 3 is 2.92 bits per heavy atom. The van der Waals surface area contributed by atoms with Crippen LogP contribution in [0.3, 0.4) is 0 Å². The maximum Gasteiger partial charge on any atom is 0.193 e. The third-order valence-electron chi connectivity index (χ3n) is 4.30. The SMILES string of the molecule is CN=C(NCc1cccc(Cn2ccnc2)c1)N1CCSC(C)(C)C1. The van der Waals surface area contributed by atoms with Gasteiger partial charge in [-0.05, 0) is 25.0 Å². The molecule has 1 aliphatic rings. The van der Waals surface area contributed by atoms with Crippen LogP contribution in [0.15, 0.2) is 48.0 Å². The highest BCUT2D eigenvalue weighted by Crippen LogP contribution is 2.29. The van der Waals surface area contributed by atoms with Crippen LogP contribution in [-0.2, 0) is 13.1 Å². The maximum atomic E-state index is 4.49. The molecule has 25 heavy (non-hydrogen) atoms. The van der Waals surface area contributed by atoms with E-state index in [4.69, 9.17) is 0 Å². The van der Waals surface area contributed by atoms with Crippen LogP contribution in [0.5, 0.6) is 0 Å². The quantitative estimate of drug-likeness (QED) is 0.675. The number of guanidine groups is 1. The van der Waals surface area contributed by atoms with Gasteiger partial charge >= 0.3 is 0 Å². The molecule has 1 aromatic carbocycles. The van der Waals surface area contributed by atoms with E-state index in [0.29, 0.717) is 0 Å². The number of hydrogen-bond acceptors (Lipinski definition) is 3. The Kier molecular flexibility index (Phi) is 5.68. The lowest BCUT2D eigenvalue weighted by atomic mass is 10.1. The van der Waals surface area contributed by atoms with Gasteiger partial charge in [0.2, 0.25) is 0 Å². The van der Waals surface area contributed by atoms with Crippen LogP contribution in [0.2, 0.25) is 0 Å². The summed E-state index contributed by atoms with van der Waals surface area (Å²) in [4.78, 5) is 11.0. The number of aromatic nitrogens is 2. The summed E-state index contributed by atoms with van der Waals surface area (Å²) in [5.74, 6) is 2.14. The largest absolute Gasteiger partial charge is 0.352 e. The van der Waals surface area contributed by atoms with Crippen LogP contribution in [-0.4, -0.2) is 51.0 Å². The summed E-state index contributed by atoms with van der Waals surface area (Å²) in [5.41, 5.74) is 2.55. The second-order valence-electron chi connectivity index (χ2n) is 6.99. The molecule has 3 rings (SSSR count). The van der Waals surface area contributed by atoms with Gasteiger partial charge in [0, 0.05) is 56.1 Å². The molecule has 5 nitrogen and oxygen atoms in total. The van der Waals surface area contributed by atoms with Crippen LogP contribution >= 0.6 is 11.8 Å². The molecule has 0 aliphatic carbocycles. The van der Waals surface area contributed by atoms with Crippen LogP contribution in [0.25, 0.3) is 0 Å². The van der Waals surface area contributed by atoms with Gasteiger partial charge in [-0.3, -0.25) is 4.99 Å². The lowest BCUT2D eigenvalue weighted by Gasteiger charge is -2.39. The number of aliphatic imine (C=N–C) groups is 1. The Labute approximate surface area is 154 Å². The van der Waals surface area contributed by atoms with Crippen LogP contribution in [0.1, 0.15) is 25.0 Å². The summed E-state index contributed by atoms with van der Waals surface area (Å²) in [7, 11) is 1.87. The number of rotatable bonds is 4. The van der Waals surface area contributed by atoms with Gasteiger partial charge in [-0.2, -0.15) is 11.8 Å². The molecule has 0 saturated carbocycles. The van der Waals surface area contributed by atoms with E-state index in [1.54, 1.807) is 0 Å². The molecule has 0 bridgehead atoms. The molecule has 1 saturated heterocycles. The van der Waals surface area contributed by atoms with Gasteiger partial charge in [0.15, 0.2) is 5.96 Å². The van der Waals surface area contributed by atoms with E-state index in [1.165, 1.54) is 11.1 Å². The summed E-state index contributed by atoms with van der Waals surface area (Å²) in [6.45, 7) is 8.31. The van der Waals surface area contributed by atoms with Gasteiger partial charge in [-0.25, -0.2) is 4.98 Å². The van der Waals surface area contributed by atoms with Crippen molar-refractivity contribution in [1.29, 1.82) is 0 Å². The number of benzene rings is 1. The molecule has 134 valence electrons. The first kappa shape index (κ1) is 17.9. The highest BCUT2D eigenvalue weighted by molar-refractivity contribution is 8.00. The molecule has 0 amide bonds. The predicted molar refractivity (Wildman–Crippen MR) is 106 cm³/mol. The van der Waals surface area contributed by atoms with Crippen molar-refractivity contribution in [3.63, 3.8) is 0 Å². The van der Waals surface area contributed by atoms with Crippen molar-refractivity contribution < 1.29 is 0 Å². The average Bonchev–Trinajstić information content (AvgIpc) is 3.08. The summed E-state index contributed by atoms with van der Waals surface area (Å²) in [6, 6.07) is 8.68. The smallest absolute Gasteiger partial charge is 0.193 e. The van der Waals surface area contributed by atoms with E-state index in [1.807, 2.05) is 37.5 Å². The van der Waals surface area contributed by atoms with Crippen LogP contribution in [0.4, 0.5) is 0 Å². The van der Waals surface area contributed by atoms with Gasteiger partial charge in [-0.1, -0.05) is 24.3 Å². The zero-order valence-electron chi connectivity index (χ0n) is 15.3. The summed E-state index contributed by atoms with van der Waals surface area (Å²) >= 11 is 2.04. The lowest BCUT2D eigenvalue weighted by molar-refractivity contribution is 0.375. The molecule has 0 unspecified atom stereocenters. The summed E-state index contributed by atoms with van der Waals surface area (Å²) in [5, 5.41) is 3.53. The van der Waals surface area contributed by atoms with Gasteiger partial charge in [0.25, 0.3) is 0 Å². The van der Waals surface area contributed by atoms with E-state index in [9.17, 15) is 0 Å². The highest BCUT2D eigenvalue weighted by Gasteiger charge is 2.28. The standard InChI is InChI=1S/C19H27N5S/c1-19(2)14-24(9-10-25-19)18(20-3)22-12-16-5-4-6-17(11-16)13-23-8-7-21-15-23/h4-8,11,15H,9-10,12-14H2,1-3H3,(H,20,22). The minimum absolute atomic E-state index is 0.278. The Morgan fingerprint density at radius 2 is 2.20 bits per heavy atom. The van der Waals surface area contributed by atoms with Gasteiger partial charge in [0.1, 0.15) is 0 Å². The third kappa shape index (κ3) is 5.01. The first-order chi connectivity index (χ1) is 12.1. The molecule has 2 aromatic rings. The molecule has 1 aromatic heterocycles. The van der Waals surface area contributed by atoms with Crippen molar-refractivity contribution in [2.75, 3.05) is 25.9 Å². The zero-order chi connectivity index (χ0) is 17.7. The minimum Gasteiger partial charge on any atom is -0.352 e. The van der Waals surface area contributed by atoms with Gasteiger partial charge < -0.3 is 14.8 Å². The fourth-order valence-corrected chi connectivity index (χ4v) is 4.25. The molecule has 0 atom stereocenters. The summed E-state index contributed by atoms with van der Waals surface area (Å²) in [6.07, 6.45) is 5.65. The van der Waals surface area contributed by atoms with Gasteiger partial charge in [-0.15, -0.1) is 0 Å². The topological polar surface area (TPSA) is 45.5 Å². The molecule has 0 radical (unpaired) electrons. The Bertz CT molecular complexity index is 708. The Hall–Kier alpha value is -1.95. The lowest BCUT2D eigenvalue weighted by Crippen LogP contribution is -2.50. The fraction of sp³-hybridized carbons (Fsp3) is 0.474. The average molecular weight is 358 g/mol. The second-order valence-corrected chi connectivity index (χ2v) is 8.79. The zero-order valence-corrected chi connectivity index (χ0v) is 16.1. The second kappa shape index (κ2) is 7.95. The van der Waals surface area contributed by atoms with Crippen molar-refractivity contribution in [2.24, 2.45) is 4.99 Å². The number of hydrogen-bond donors (Lipinski definition) is 1. The molecule has 1 N–H and O–H groups in total. The molecule has 0 spiro atoms. The van der Waals surface area contributed by atoms with Crippen molar-refractivity contribution in [3.05, 3.63) is 54.1 Å². The maximum absolute atomic E-state index is 4.49. The van der Waals surface area contributed by atoms with Crippen molar-refractivity contribution >= 4 is 17.7 Å². The summed E-state index contributed by atoms with van der Waals surface area (Å²) < 4.78 is 2.36. The van der Waals surface area contributed by atoms with Crippen molar-refractivity contribution in [3.8, 4) is 0 Å². The van der Waals surface area contributed by atoms with E-state index in [2.05, 4.69) is 62.9 Å². The fourth-order valence-electron chi connectivity index (χ4n) is 3.14. The first-order valence-electron chi connectivity index (χ1n) is 8.69. The van der Waals surface area contributed by atoms with E-state index in [-0.39, 0.29) is 4.75 Å². The van der Waals surface area contributed by atoms with E-state index >= 15 is 0 Å². The molecule has 6 heteroatoms. The van der Waals surface area contributed by atoms with Gasteiger partial charge in [0.05, 0.1) is 6.33 Å². The Morgan fingerprint density at radius 1 is 1.36 bits per heavy atom. The van der Waals surface area contributed by atoms with E-state index in [0.717, 1.165) is 37.9 Å². The molecular formula is C19H27N5S. The Balaban J connectivity index is 1.60. The third-order valence-corrected chi connectivity index (χ3v) is 5.60. The van der Waals surface area contributed by atoms with Crippen molar-refractivity contribution in [1.82, 2.24) is 19.8 Å². The van der Waals surface area contributed by atoms with Crippen molar-refractivity contribution in [2.45, 2.75) is 31.7 Å².